The first-order valence-corrected chi connectivity index (χ1v) is 7.08. The summed E-state index contributed by atoms with van der Waals surface area (Å²) >= 11 is 0. The van der Waals surface area contributed by atoms with Crippen LogP contribution >= 0.6 is 0 Å². The minimum Gasteiger partial charge on any atom is -0.316 e. The monoisotopic (exact) mass is 226 g/mol. The molecule has 0 radical (unpaired) electrons. The fourth-order valence-electron chi connectivity index (χ4n) is 2.66. The Morgan fingerprint density at radius 3 is 2.19 bits per heavy atom. The highest BCUT2D eigenvalue weighted by atomic mass is 15.1. The molecule has 1 saturated carbocycles. The third-order valence-electron chi connectivity index (χ3n) is 4.53. The lowest BCUT2D eigenvalue weighted by atomic mass is 9.80. The van der Waals surface area contributed by atoms with Gasteiger partial charge in [0.05, 0.1) is 0 Å². The Hall–Kier alpha value is -0.0800. The standard InChI is InChI=1S/C14H30N2/c1-5-14(6-2,11-15-7-3)12-16(4)13-9-8-10-13/h13,15H,5-12H2,1-4H3. The summed E-state index contributed by atoms with van der Waals surface area (Å²) in [6.45, 7) is 10.4. The largest absolute Gasteiger partial charge is 0.316 e. The molecule has 1 aliphatic rings. The highest BCUT2D eigenvalue weighted by Gasteiger charge is 2.31. The molecule has 0 unspecified atom stereocenters. The zero-order chi connectivity index (χ0) is 12.0. The molecule has 0 atom stereocenters. The molecule has 0 spiro atoms. The maximum absolute atomic E-state index is 3.54. The molecule has 96 valence electrons. The predicted octanol–water partition coefficient (Wildman–Crippen LogP) is 2.89. The van der Waals surface area contributed by atoms with E-state index >= 15 is 0 Å². The Bertz CT molecular complexity index is 183. The van der Waals surface area contributed by atoms with Crippen molar-refractivity contribution in [2.24, 2.45) is 5.41 Å². The van der Waals surface area contributed by atoms with E-state index in [0.29, 0.717) is 5.41 Å². The van der Waals surface area contributed by atoms with Crippen molar-refractivity contribution in [3.8, 4) is 0 Å². The topological polar surface area (TPSA) is 15.3 Å². The Morgan fingerprint density at radius 2 is 1.81 bits per heavy atom. The van der Waals surface area contributed by atoms with Gasteiger partial charge in [-0.1, -0.05) is 27.2 Å². The van der Waals surface area contributed by atoms with Crippen molar-refractivity contribution in [1.82, 2.24) is 10.2 Å². The van der Waals surface area contributed by atoms with Crippen LogP contribution in [0.1, 0.15) is 52.9 Å². The summed E-state index contributed by atoms with van der Waals surface area (Å²) < 4.78 is 0. The summed E-state index contributed by atoms with van der Waals surface area (Å²) in [6.07, 6.45) is 6.84. The zero-order valence-electron chi connectivity index (χ0n) is 11.7. The van der Waals surface area contributed by atoms with E-state index in [-0.39, 0.29) is 0 Å². The molecule has 16 heavy (non-hydrogen) atoms. The van der Waals surface area contributed by atoms with Gasteiger partial charge in [-0.2, -0.15) is 0 Å². The van der Waals surface area contributed by atoms with E-state index in [1.54, 1.807) is 0 Å². The van der Waals surface area contributed by atoms with E-state index in [9.17, 15) is 0 Å². The number of rotatable bonds is 8. The van der Waals surface area contributed by atoms with Gasteiger partial charge in [0.15, 0.2) is 0 Å². The number of hydrogen-bond acceptors (Lipinski definition) is 2. The van der Waals surface area contributed by atoms with Crippen LogP contribution < -0.4 is 5.32 Å². The van der Waals surface area contributed by atoms with Gasteiger partial charge in [0.2, 0.25) is 0 Å². The molecule has 0 saturated heterocycles. The molecule has 0 aliphatic heterocycles. The molecule has 0 aromatic rings. The van der Waals surface area contributed by atoms with Gasteiger partial charge in [-0.15, -0.1) is 0 Å². The van der Waals surface area contributed by atoms with Gasteiger partial charge in [0, 0.05) is 19.1 Å². The second kappa shape index (κ2) is 6.61. The van der Waals surface area contributed by atoms with Crippen molar-refractivity contribution in [3.63, 3.8) is 0 Å². The van der Waals surface area contributed by atoms with E-state index in [0.717, 1.165) is 12.6 Å². The number of hydrogen-bond donors (Lipinski definition) is 1. The zero-order valence-corrected chi connectivity index (χ0v) is 11.7. The van der Waals surface area contributed by atoms with Crippen molar-refractivity contribution in [3.05, 3.63) is 0 Å². The van der Waals surface area contributed by atoms with Gasteiger partial charge in [-0.05, 0) is 44.7 Å². The normalized spacial score (nSPS) is 17.8. The molecule has 0 aromatic carbocycles. The number of nitrogens with one attached hydrogen (secondary N) is 1. The molecule has 0 aromatic heterocycles. The fraction of sp³-hybridized carbons (Fsp3) is 1.00. The number of nitrogens with zero attached hydrogens (tertiary/aromatic N) is 1. The first-order chi connectivity index (χ1) is 7.67. The third-order valence-corrected chi connectivity index (χ3v) is 4.53. The average molecular weight is 226 g/mol. The van der Waals surface area contributed by atoms with Gasteiger partial charge in [0.1, 0.15) is 0 Å². The molecule has 1 aliphatic carbocycles. The van der Waals surface area contributed by atoms with Crippen LogP contribution in [0.15, 0.2) is 0 Å². The first kappa shape index (κ1) is 14.0. The van der Waals surface area contributed by atoms with Crippen molar-refractivity contribution in [1.29, 1.82) is 0 Å². The van der Waals surface area contributed by atoms with Crippen molar-refractivity contribution in [2.45, 2.75) is 58.9 Å². The molecule has 2 nitrogen and oxygen atoms in total. The van der Waals surface area contributed by atoms with Gasteiger partial charge >= 0.3 is 0 Å². The minimum atomic E-state index is 0.486. The Labute approximate surface area is 102 Å². The summed E-state index contributed by atoms with van der Waals surface area (Å²) in [7, 11) is 2.32. The van der Waals surface area contributed by atoms with Gasteiger partial charge in [-0.25, -0.2) is 0 Å². The Morgan fingerprint density at radius 1 is 1.19 bits per heavy atom. The lowest BCUT2D eigenvalue weighted by Crippen LogP contribution is -2.47. The average Bonchev–Trinajstić information content (AvgIpc) is 2.22. The quantitative estimate of drug-likeness (QED) is 0.684. The summed E-state index contributed by atoms with van der Waals surface area (Å²) in [4.78, 5) is 2.60. The molecule has 1 N–H and O–H groups in total. The summed E-state index contributed by atoms with van der Waals surface area (Å²) in [6, 6.07) is 0.874. The van der Waals surface area contributed by atoms with E-state index < -0.39 is 0 Å². The van der Waals surface area contributed by atoms with Crippen LogP contribution in [-0.2, 0) is 0 Å². The second-order valence-corrected chi connectivity index (χ2v) is 5.49. The summed E-state index contributed by atoms with van der Waals surface area (Å²) in [5, 5.41) is 3.54. The van der Waals surface area contributed by atoms with E-state index in [1.807, 2.05) is 0 Å². The second-order valence-electron chi connectivity index (χ2n) is 5.49. The summed E-state index contributed by atoms with van der Waals surface area (Å²) in [5.74, 6) is 0. The Kier molecular flexibility index (Phi) is 5.77. The molecule has 0 amide bonds. The van der Waals surface area contributed by atoms with Crippen LogP contribution in [0.2, 0.25) is 0 Å². The minimum absolute atomic E-state index is 0.486. The van der Waals surface area contributed by atoms with Gasteiger partial charge < -0.3 is 10.2 Å². The Balaban J connectivity index is 2.46. The van der Waals surface area contributed by atoms with Crippen LogP contribution in [0.3, 0.4) is 0 Å². The molecule has 0 bridgehead atoms. The van der Waals surface area contributed by atoms with E-state index in [2.05, 4.69) is 38.0 Å². The van der Waals surface area contributed by atoms with Crippen LogP contribution in [0.25, 0.3) is 0 Å². The van der Waals surface area contributed by atoms with Crippen molar-refractivity contribution >= 4 is 0 Å². The highest BCUT2D eigenvalue weighted by Crippen LogP contribution is 2.31. The van der Waals surface area contributed by atoms with Crippen LogP contribution in [0.4, 0.5) is 0 Å². The highest BCUT2D eigenvalue weighted by molar-refractivity contribution is 4.86. The van der Waals surface area contributed by atoms with Crippen LogP contribution in [-0.4, -0.2) is 37.6 Å². The maximum atomic E-state index is 3.54. The van der Waals surface area contributed by atoms with Gasteiger partial charge in [-0.3, -0.25) is 0 Å². The molecular weight excluding hydrogens is 196 g/mol. The smallest absolute Gasteiger partial charge is 0.00924 e. The van der Waals surface area contributed by atoms with Crippen molar-refractivity contribution in [2.75, 3.05) is 26.7 Å². The molecule has 2 heteroatoms. The fourth-order valence-corrected chi connectivity index (χ4v) is 2.66. The lowest BCUT2D eigenvalue weighted by molar-refractivity contribution is 0.0857. The molecule has 1 rings (SSSR count). The third kappa shape index (κ3) is 3.46. The van der Waals surface area contributed by atoms with Crippen LogP contribution in [0.5, 0.6) is 0 Å². The van der Waals surface area contributed by atoms with Crippen molar-refractivity contribution < 1.29 is 0 Å². The van der Waals surface area contributed by atoms with Crippen LogP contribution in [0, 0.1) is 5.41 Å². The molecule has 1 fully saturated rings. The van der Waals surface area contributed by atoms with Gasteiger partial charge in [0.25, 0.3) is 0 Å². The van der Waals surface area contributed by atoms with E-state index in [4.69, 9.17) is 0 Å². The maximum Gasteiger partial charge on any atom is 0.00924 e. The predicted molar refractivity (Wildman–Crippen MR) is 71.8 cm³/mol. The summed E-state index contributed by atoms with van der Waals surface area (Å²) in [5.41, 5.74) is 0.486. The lowest BCUT2D eigenvalue weighted by Gasteiger charge is -2.42. The van der Waals surface area contributed by atoms with E-state index in [1.165, 1.54) is 45.2 Å². The molecular formula is C14H30N2. The first-order valence-electron chi connectivity index (χ1n) is 7.08. The molecule has 0 heterocycles. The SMILES string of the molecule is CCNCC(CC)(CC)CN(C)C1CCC1.